The number of carbonyl (C=O) groups is 1. The molecule has 1 heterocycles. The molecule has 0 unspecified atom stereocenters. The summed E-state index contributed by atoms with van der Waals surface area (Å²) in [4.78, 5) is 16.4. The zero-order chi connectivity index (χ0) is 14.5. The van der Waals surface area contributed by atoms with Crippen molar-refractivity contribution in [1.82, 2.24) is 4.98 Å². The van der Waals surface area contributed by atoms with Gasteiger partial charge in [-0.1, -0.05) is 28.9 Å². The van der Waals surface area contributed by atoms with Crippen molar-refractivity contribution in [2.24, 2.45) is 0 Å². The summed E-state index contributed by atoms with van der Waals surface area (Å²) < 4.78 is 1.02. The maximum Gasteiger partial charge on any atom is 0.230 e. The molecule has 0 saturated carbocycles. The standard InChI is InChI=1S/C16H17BrN2O/c1-3-12-9-13(17)6-7-14(12)19-16(20)10-15-11(2)5-4-8-18-15/h4-9H,3,10H2,1-2H3,(H,19,20). The van der Waals surface area contributed by atoms with E-state index in [1.807, 2.05) is 37.3 Å². The van der Waals surface area contributed by atoms with Crippen LogP contribution in [-0.2, 0) is 17.6 Å². The summed E-state index contributed by atoms with van der Waals surface area (Å²) in [5.74, 6) is -0.0381. The summed E-state index contributed by atoms with van der Waals surface area (Å²) in [5, 5.41) is 2.96. The largest absolute Gasteiger partial charge is 0.325 e. The minimum absolute atomic E-state index is 0.0381. The Morgan fingerprint density at radius 3 is 2.85 bits per heavy atom. The van der Waals surface area contributed by atoms with E-state index in [0.29, 0.717) is 6.42 Å². The van der Waals surface area contributed by atoms with E-state index in [9.17, 15) is 4.79 Å². The third-order valence-electron chi connectivity index (χ3n) is 3.17. The van der Waals surface area contributed by atoms with Crippen molar-refractivity contribution in [1.29, 1.82) is 0 Å². The molecular formula is C16H17BrN2O. The third kappa shape index (κ3) is 3.67. The van der Waals surface area contributed by atoms with Crippen molar-refractivity contribution in [3.05, 3.63) is 57.8 Å². The van der Waals surface area contributed by atoms with Crippen molar-refractivity contribution in [3.8, 4) is 0 Å². The van der Waals surface area contributed by atoms with Gasteiger partial charge in [-0.2, -0.15) is 0 Å². The molecule has 20 heavy (non-hydrogen) atoms. The molecule has 1 amide bonds. The smallest absolute Gasteiger partial charge is 0.230 e. The van der Waals surface area contributed by atoms with Gasteiger partial charge in [0.15, 0.2) is 0 Å². The van der Waals surface area contributed by atoms with Gasteiger partial charge in [-0.3, -0.25) is 9.78 Å². The van der Waals surface area contributed by atoms with Gasteiger partial charge in [-0.15, -0.1) is 0 Å². The van der Waals surface area contributed by atoms with Crippen LogP contribution in [0.2, 0.25) is 0 Å². The lowest BCUT2D eigenvalue weighted by Crippen LogP contribution is -2.16. The van der Waals surface area contributed by atoms with E-state index < -0.39 is 0 Å². The molecule has 1 aromatic heterocycles. The second-order valence-electron chi connectivity index (χ2n) is 4.65. The Kier molecular flexibility index (Phi) is 4.90. The Morgan fingerprint density at radius 1 is 1.35 bits per heavy atom. The van der Waals surface area contributed by atoms with Crippen LogP contribution in [0, 0.1) is 6.92 Å². The molecule has 0 aliphatic rings. The van der Waals surface area contributed by atoms with Gasteiger partial charge in [-0.05, 0) is 48.7 Å². The second kappa shape index (κ2) is 6.66. The van der Waals surface area contributed by atoms with Crippen LogP contribution < -0.4 is 5.32 Å². The fourth-order valence-corrected chi connectivity index (χ4v) is 2.44. The highest BCUT2D eigenvalue weighted by molar-refractivity contribution is 9.10. The van der Waals surface area contributed by atoms with Crippen molar-refractivity contribution in [2.45, 2.75) is 26.7 Å². The summed E-state index contributed by atoms with van der Waals surface area (Å²) in [7, 11) is 0. The number of rotatable bonds is 4. The highest BCUT2D eigenvalue weighted by atomic mass is 79.9. The van der Waals surface area contributed by atoms with Crippen LogP contribution in [0.5, 0.6) is 0 Å². The SMILES string of the molecule is CCc1cc(Br)ccc1NC(=O)Cc1ncccc1C. The maximum atomic E-state index is 12.1. The number of halogens is 1. The molecule has 4 heteroatoms. The summed E-state index contributed by atoms with van der Waals surface area (Å²) in [6.45, 7) is 4.03. The predicted octanol–water partition coefficient (Wildman–Crippen LogP) is 3.90. The van der Waals surface area contributed by atoms with Gasteiger partial charge in [0.05, 0.1) is 12.1 Å². The maximum absolute atomic E-state index is 12.1. The second-order valence-corrected chi connectivity index (χ2v) is 5.56. The molecule has 0 atom stereocenters. The molecule has 0 spiro atoms. The van der Waals surface area contributed by atoms with Gasteiger partial charge in [0.2, 0.25) is 5.91 Å². The number of hydrogen-bond acceptors (Lipinski definition) is 2. The van der Waals surface area contributed by atoms with Gasteiger partial charge in [0.25, 0.3) is 0 Å². The molecular weight excluding hydrogens is 316 g/mol. The number of aromatic nitrogens is 1. The van der Waals surface area contributed by atoms with Crippen LogP contribution in [0.15, 0.2) is 41.0 Å². The lowest BCUT2D eigenvalue weighted by molar-refractivity contribution is -0.115. The van der Waals surface area contributed by atoms with E-state index >= 15 is 0 Å². The molecule has 0 aliphatic carbocycles. The van der Waals surface area contributed by atoms with E-state index in [2.05, 4.69) is 33.2 Å². The Balaban J connectivity index is 2.11. The molecule has 104 valence electrons. The molecule has 1 N–H and O–H groups in total. The van der Waals surface area contributed by atoms with Crippen LogP contribution >= 0.6 is 15.9 Å². The number of anilines is 1. The molecule has 0 aliphatic heterocycles. The van der Waals surface area contributed by atoms with E-state index in [-0.39, 0.29) is 5.91 Å². The predicted molar refractivity (Wildman–Crippen MR) is 84.8 cm³/mol. The molecule has 0 saturated heterocycles. The van der Waals surface area contributed by atoms with Crippen molar-refractivity contribution in [3.63, 3.8) is 0 Å². The molecule has 2 rings (SSSR count). The summed E-state index contributed by atoms with van der Waals surface area (Å²) in [6.07, 6.45) is 2.89. The molecule has 0 fully saturated rings. The Hall–Kier alpha value is -1.68. The molecule has 0 radical (unpaired) electrons. The fraction of sp³-hybridized carbons (Fsp3) is 0.250. The number of nitrogens with one attached hydrogen (secondary N) is 1. The van der Waals surface area contributed by atoms with Gasteiger partial charge in [0, 0.05) is 16.4 Å². The number of amides is 1. The zero-order valence-corrected chi connectivity index (χ0v) is 13.2. The van der Waals surface area contributed by atoms with E-state index in [1.165, 1.54) is 0 Å². The highest BCUT2D eigenvalue weighted by Gasteiger charge is 2.09. The molecule has 1 aromatic carbocycles. The first kappa shape index (κ1) is 14.7. The number of benzene rings is 1. The van der Waals surface area contributed by atoms with Crippen LogP contribution in [0.3, 0.4) is 0 Å². The third-order valence-corrected chi connectivity index (χ3v) is 3.66. The minimum atomic E-state index is -0.0381. The van der Waals surface area contributed by atoms with Crippen LogP contribution in [0.4, 0.5) is 5.69 Å². The molecule has 3 nitrogen and oxygen atoms in total. The lowest BCUT2D eigenvalue weighted by atomic mass is 10.1. The minimum Gasteiger partial charge on any atom is -0.325 e. The normalized spacial score (nSPS) is 10.3. The molecule has 2 aromatic rings. The zero-order valence-electron chi connectivity index (χ0n) is 11.6. The van der Waals surface area contributed by atoms with Gasteiger partial charge >= 0.3 is 0 Å². The van der Waals surface area contributed by atoms with Crippen LogP contribution in [0.25, 0.3) is 0 Å². The van der Waals surface area contributed by atoms with E-state index in [1.54, 1.807) is 6.20 Å². The Bertz CT molecular complexity index is 626. The van der Waals surface area contributed by atoms with Crippen LogP contribution in [-0.4, -0.2) is 10.9 Å². The average Bonchev–Trinajstić information content (AvgIpc) is 2.43. The number of nitrogens with zero attached hydrogens (tertiary/aromatic N) is 1. The Morgan fingerprint density at radius 2 is 2.15 bits per heavy atom. The molecule has 0 bridgehead atoms. The summed E-state index contributed by atoms with van der Waals surface area (Å²) in [6, 6.07) is 9.72. The average molecular weight is 333 g/mol. The highest BCUT2D eigenvalue weighted by Crippen LogP contribution is 2.21. The van der Waals surface area contributed by atoms with Gasteiger partial charge in [-0.25, -0.2) is 0 Å². The van der Waals surface area contributed by atoms with Gasteiger partial charge in [0.1, 0.15) is 0 Å². The fourth-order valence-electron chi connectivity index (χ4n) is 2.03. The number of pyridine rings is 1. The van der Waals surface area contributed by atoms with Gasteiger partial charge < -0.3 is 5.32 Å². The van der Waals surface area contributed by atoms with Crippen molar-refractivity contribution in [2.75, 3.05) is 5.32 Å². The van der Waals surface area contributed by atoms with Crippen LogP contribution in [0.1, 0.15) is 23.7 Å². The topological polar surface area (TPSA) is 42.0 Å². The monoisotopic (exact) mass is 332 g/mol. The first-order valence-corrected chi connectivity index (χ1v) is 7.38. The summed E-state index contributed by atoms with van der Waals surface area (Å²) in [5.41, 5.74) is 3.84. The van der Waals surface area contributed by atoms with E-state index in [4.69, 9.17) is 0 Å². The first-order valence-electron chi connectivity index (χ1n) is 6.59. The number of carbonyl (C=O) groups excluding carboxylic acids is 1. The quantitative estimate of drug-likeness (QED) is 0.922. The number of aryl methyl sites for hydroxylation is 2. The summed E-state index contributed by atoms with van der Waals surface area (Å²) >= 11 is 3.44. The van der Waals surface area contributed by atoms with Crippen molar-refractivity contribution < 1.29 is 4.79 Å². The van der Waals surface area contributed by atoms with Crippen molar-refractivity contribution >= 4 is 27.5 Å². The first-order chi connectivity index (χ1) is 9.60. The Labute approximate surface area is 127 Å². The van der Waals surface area contributed by atoms with E-state index in [0.717, 1.165) is 33.4 Å². The number of hydrogen-bond donors (Lipinski definition) is 1. The lowest BCUT2D eigenvalue weighted by Gasteiger charge is -2.11.